The Balaban J connectivity index is 3.89. The summed E-state index contributed by atoms with van der Waals surface area (Å²) in [4.78, 5) is 11.5. The molecular weight excluding hydrogens is 315 g/mol. The zero-order chi connectivity index (χ0) is 14.2. The molecule has 0 radical (unpaired) electrons. The van der Waals surface area contributed by atoms with E-state index in [-0.39, 0.29) is 24.5 Å². The molecule has 0 saturated heterocycles. The highest BCUT2D eigenvalue weighted by Gasteiger charge is 2.27. The summed E-state index contributed by atoms with van der Waals surface area (Å²) < 4.78 is 39.7. The van der Waals surface area contributed by atoms with E-state index in [0.29, 0.717) is 0 Å². The van der Waals surface area contributed by atoms with Crippen LogP contribution in [0.25, 0.3) is 0 Å². The Kier molecular flexibility index (Phi) is 7.86. The Morgan fingerprint density at radius 2 is 2.00 bits per heavy atom. The highest BCUT2D eigenvalue weighted by molar-refractivity contribution is 9.09. The van der Waals surface area contributed by atoms with Crippen LogP contribution >= 0.6 is 15.9 Å². The quantitative estimate of drug-likeness (QED) is 0.547. The summed E-state index contributed by atoms with van der Waals surface area (Å²) in [6, 6.07) is 0. The first kappa shape index (κ1) is 17.7. The minimum Gasteiger partial charge on any atom is -0.372 e. The number of carbonyl (C=O) groups excluding carboxylic acids is 1. The SMILES string of the molecule is CCC(C)(CCBr)NC(=O)CCOCC(F)(F)F. The highest BCUT2D eigenvalue weighted by Crippen LogP contribution is 2.16. The van der Waals surface area contributed by atoms with E-state index < -0.39 is 12.8 Å². The molecule has 1 atom stereocenters. The van der Waals surface area contributed by atoms with Crippen molar-refractivity contribution in [1.29, 1.82) is 0 Å². The van der Waals surface area contributed by atoms with E-state index in [9.17, 15) is 18.0 Å². The molecule has 0 rings (SSSR count). The molecule has 1 unspecified atom stereocenters. The van der Waals surface area contributed by atoms with Crippen LogP contribution in [0, 0.1) is 0 Å². The Morgan fingerprint density at radius 1 is 1.39 bits per heavy atom. The molecule has 0 fully saturated rings. The van der Waals surface area contributed by atoms with Gasteiger partial charge in [0.15, 0.2) is 0 Å². The standard InChI is InChI=1S/C11H19BrF3NO2/c1-3-10(2,5-6-12)16-9(17)4-7-18-8-11(13,14)15/h3-8H2,1-2H3,(H,16,17). The van der Waals surface area contributed by atoms with Crippen molar-refractivity contribution in [3.63, 3.8) is 0 Å². The van der Waals surface area contributed by atoms with Crippen LogP contribution in [0.4, 0.5) is 13.2 Å². The maximum absolute atomic E-state index is 11.8. The normalized spacial score (nSPS) is 15.2. The summed E-state index contributed by atoms with van der Waals surface area (Å²) in [6.45, 7) is 2.32. The van der Waals surface area contributed by atoms with Crippen LogP contribution in [0.3, 0.4) is 0 Å². The van der Waals surface area contributed by atoms with Crippen molar-refractivity contribution in [2.24, 2.45) is 0 Å². The van der Waals surface area contributed by atoms with Gasteiger partial charge in [0, 0.05) is 17.3 Å². The molecule has 108 valence electrons. The van der Waals surface area contributed by atoms with Crippen molar-refractivity contribution in [2.45, 2.75) is 44.8 Å². The van der Waals surface area contributed by atoms with Gasteiger partial charge in [-0.2, -0.15) is 13.2 Å². The Bertz CT molecular complexity index is 261. The van der Waals surface area contributed by atoms with E-state index in [4.69, 9.17) is 0 Å². The van der Waals surface area contributed by atoms with Gasteiger partial charge in [0.25, 0.3) is 0 Å². The lowest BCUT2D eigenvalue weighted by Crippen LogP contribution is -2.46. The van der Waals surface area contributed by atoms with Gasteiger partial charge in [0.2, 0.25) is 5.91 Å². The number of carbonyl (C=O) groups is 1. The van der Waals surface area contributed by atoms with Crippen LogP contribution in [0.2, 0.25) is 0 Å². The second kappa shape index (κ2) is 7.99. The van der Waals surface area contributed by atoms with Gasteiger partial charge in [0.05, 0.1) is 6.61 Å². The van der Waals surface area contributed by atoms with Gasteiger partial charge in [0.1, 0.15) is 6.61 Å². The summed E-state index contributed by atoms with van der Waals surface area (Å²) in [5.74, 6) is -0.289. The van der Waals surface area contributed by atoms with Gasteiger partial charge >= 0.3 is 6.18 Å². The first-order chi connectivity index (χ1) is 8.22. The maximum Gasteiger partial charge on any atom is 0.411 e. The number of nitrogens with one attached hydrogen (secondary N) is 1. The van der Waals surface area contributed by atoms with E-state index in [1.807, 2.05) is 13.8 Å². The van der Waals surface area contributed by atoms with Gasteiger partial charge in [-0.15, -0.1) is 0 Å². The zero-order valence-electron chi connectivity index (χ0n) is 10.6. The van der Waals surface area contributed by atoms with E-state index in [0.717, 1.165) is 18.2 Å². The monoisotopic (exact) mass is 333 g/mol. The average Bonchev–Trinajstić information content (AvgIpc) is 2.23. The molecule has 0 aromatic rings. The Labute approximate surface area is 114 Å². The third kappa shape index (κ3) is 8.74. The molecule has 1 amide bonds. The van der Waals surface area contributed by atoms with Crippen LogP contribution in [0.15, 0.2) is 0 Å². The molecule has 3 nitrogen and oxygen atoms in total. The molecule has 7 heteroatoms. The molecule has 0 aliphatic rings. The van der Waals surface area contributed by atoms with E-state index in [1.54, 1.807) is 0 Å². The zero-order valence-corrected chi connectivity index (χ0v) is 12.2. The number of alkyl halides is 4. The summed E-state index contributed by atoms with van der Waals surface area (Å²) in [6.07, 6.45) is -2.88. The molecule has 0 heterocycles. The predicted molar refractivity (Wildman–Crippen MR) is 66.7 cm³/mol. The van der Waals surface area contributed by atoms with Gasteiger partial charge in [-0.1, -0.05) is 22.9 Å². The van der Waals surface area contributed by atoms with Gasteiger partial charge in [-0.25, -0.2) is 0 Å². The lowest BCUT2D eigenvalue weighted by molar-refractivity contribution is -0.174. The number of halogens is 4. The second-order valence-corrected chi connectivity index (χ2v) is 5.11. The molecular formula is C11H19BrF3NO2. The summed E-state index contributed by atoms with van der Waals surface area (Å²) in [5, 5.41) is 3.56. The molecule has 0 saturated carbocycles. The molecule has 0 bridgehead atoms. The molecule has 1 N–H and O–H groups in total. The first-order valence-corrected chi connectivity index (χ1v) is 6.86. The van der Waals surface area contributed by atoms with Gasteiger partial charge in [-0.05, 0) is 19.8 Å². The van der Waals surface area contributed by atoms with Crippen LogP contribution < -0.4 is 5.32 Å². The van der Waals surface area contributed by atoms with E-state index in [1.165, 1.54) is 0 Å². The predicted octanol–water partition coefficient (Wildman–Crippen LogP) is 3.03. The molecule has 0 aliphatic heterocycles. The topological polar surface area (TPSA) is 38.3 Å². The number of rotatable bonds is 8. The second-order valence-electron chi connectivity index (χ2n) is 4.32. The fourth-order valence-corrected chi connectivity index (χ4v) is 2.16. The summed E-state index contributed by atoms with van der Waals surface area (Å²) in [5.41, 5.74) is -0.329. The fraction of sp³-hybridized carbons (Fsp3) is 0.909. The molecule has 0 aromatic heterocycles. The first-order valence-electron chi connectivity index (χ1n) is 5.74. The third-order valence-electron chi connectivity index (χ3n) is 2.61. The smallest absolute Gasteiger partial charge is 0.372 e. The van der Waals surface area contributed by atoms with Gasteiger partial charge in [-0.3, -0.25) is 4.79 Å². The van der Waals surface area contributed by atoms with E-state index in [2.05, 4.69) is 26.0 Å². The van der Waals surface area contributed by atoms with Crippen LogP contribution in [-0.2, 0) is 9.53 Å². The van der Waals surface area contributed by atoms with Crippen molar-refractivity contribution in [1.82, 2.24) is 5.32 Å². The van der Waals surface area contributed by atoms with Crippen molar-refractivity contribution >= 4 is 21.8 Å². The van der Waals surface area contributed by atoms with Gasteiger partial charge < -0.3 is 10.1 Å². The third-order valence-corrected chi connectivity index (χ3v) is 3.00. The lowest BCUT2D eigenvalue weighted by Gasteiger charge is -2.29. The minimum atomic E-state index is -4.34. The van der Waals surface area contributed by atoms with E-state index >= 15 is 0 Å². The Morgan fingerprint density at radius 3 is 2.44 bits per heavy atom. The fourth-order valence-electron chi connectivity index (χ4n) is 1.29. The molecule has 18 heavy (non-hydrogen) atoms. The molecule has 0 aliphatic carbocycles. The van der Waals surface area contributed by atoms with Crippen LogP contribution in [-0.4, -0.2) is 36.2 Å². The highest BCUT2D eigenvalue weighted by atomic mass is 79.9. The molecule has 0 spiro atoms. The number of amides is 1. The maximum atomic E-state index is 11.8. The molecule has 0 aromatic carbocycles. The largest absolute Gasteiger partial charge is 0.411 e. The van der Waals surface area contributed by atoms with Crippen LogP contribution in [0.1, 0.15) is 33.1 Å². The number of hydrogen-bond acceptors (Lipinski definition) is 2. The number of hydrogen-bond donors (Lipinski definition) is 1. The van der Waals surface area contributed by atoms with Crippen molar-refractivity contribution < 1.29 is 22.7 Å². The summed E-state index contributed by atoms with van der Waals surface area (Å²) in [7, 11) is 0. The summed E-state index contributed by atoms with van der Waals surface area (Å²) >= 11 is 3.30. The van der Waals surface area contributed by atoms with Crippen molar-refractivity contribution in [3.8, 4) is 0 Å². The van der Waals surface area contributed by atoms with Crippen molar-refractivity contribution in [3.05, 3.63) is 0 Å². The minimum absolute atomic E-state index is 0.0616. The van der Waals surface area contributed by atoms with Crippen LogP contribution in [0.5, 0.6) is 0 Å². The number of ether oxygens (including phenoxy) is 1. The van der Waals surface area contributed by atoms with Crippen molar-refractivity contribution in [2.75, 3.05) is 18.5 Å². The average molecular weight is 334 g/mol. The lowest BCUT2D eigenvalue weighted by atomic mass is 9.95. The Hall–Kier alpha value is -0.300.